The van der Waals surface area contributed by atoms with Gasteiger partial charge in [0.15, 0.2) is 6.61 Å². The van der Waals surface area contributed by atoms with Gasteiger partial charge in [0, 0.05) is 18.0 Å². The molecule has 20 heteroatoms. The SMILES string of the molecule is O=C(N[C@H](C(=O)Nc1cncc(F)c1CC[C@@H]1CNC(CO[C@@H](O)NCC(F)(F)F)CO1)C(c1ccc(F)cc1)c1ccc(F)cc1)OCC(F)(F)F. The molecule has 290 valence electrons. The van der Waals surface area contributed by atoms with Crippen LogP contribution < -0.4 is 21.3 Å². The van der Waals surface area contributed by atoms with E-state index in [0.717, 1.165) is 36.7 Å². The quantitative estimate of drug-likeness (QED) is 0.110. The number of carbonyl (C=O) groups excluding carboxylic acids is 2. The van der Waals surface area contributed by atoms with Crippen molar-refractivity contribution >= 4 is 17.7 Å². The molecule has 0 bridgehead atoms. The molecular weight excluding hydrogens is 733 g/mol. The molecule has 1 saturated heterocycles. The molecule has 2 amide bonds. The van der Waals surface area contributed by atoms with Crippen LogP contribution in [0.5, 0.6) is 0 Å². The van der Waals surface area contributed by atoms with Crippen LogP contribution in [0.3, 0.4) is 0 Å². The number of morpholine rings is 1. The molecule has 4 rings (SSSR count). The third-order valence-corrected chi connectivity index (χ3v) is 7.79. The zero-order chi connectivity index (χ0) is 38.8. The van der Waals surface area contributed by atoms with E-state index in [1.165, 1.54) is 24.3 Å². The number of pyridine rings is 1. The molecule has 1 fully saturated rings. The highest BCUT2D eigenvalue weighted by atomic mass is 19.4. The Kier molecular flexibility index (Phi) is 14.4. The number of nitrogens with zero attached hydrogens (tertiary/aromatic N) is 1. The fourth-order valence-electron chi connectivity index (χ4n) is 5.30. The number of aromatic nitrogens is 1. The highest BCUT2D eigenvalue weighted by Crippen LogP contribution is 2.31. The number of nitrogens with one attached hydrogen (secondary N) is 4. The number of ether oxygens (including phenoxy) is 3. The van der Waals surface area contributed by atoms with Gasteiger partial charge in [-0.15, -0.1) is 0 Å². The Labute approximate surface area is 296 Å². The van der Waals surface area contributed by atoms with Gasteiger partial charge in [-0.25, -0.2) is 18.0 Å². The van der Waals surface area contributed by atoms with Gasteiger partial charge in [-0.2, -0.15) is 26.3 Å². The lowest BCUT2D eigenvalue weighted by atomic mass is 9.84. The first kappa shape index (κ1) is 41.3. The van der Waals surface area contributed by atoms with Gasteiger partial charge in [0.1, 0.15) is 23.5 Å². The second-order valence-electron chi connectivity index (χ2n) is 11.8. The molecule has 0 radical (unpaired) electrons. The zero-order valence-electron chi connectivity index (χ0n) is 27.4. The van der Waals surface area contributed by atoms with E-state index in [2.05, 4.69) is 25.7 Å². The van der Waals surface area contributed by atoms with Crippen LogP contribution >= 0.6 is 0 Å². The van der Waals surface area contributed by atoms with E-state index >= 15 is 4.39 Å². The lowest BCUT2D eigenvalue weighted by molar-refractivity contribution is -0.171. The average molecular weight is 768 g/mol. The molecule has 3 aromatic rings. The maximum absolute atomic E-state index is 15.2. The van der Waals surface area contributed by atoms with E-state index in [1.54, 1.807) is 5.32 Å². The van der Waals surface area contributed by atoms with Crippen molar-refractivity contribution in [3.63, 3.8) is 0 Å². The fourth-order valence-corrected chi connectivity index (χ4v) is 5.30. The topological polar surface area (TPSA) is 143 Å². The lowest BCUT2D eigenvalue weighted by Gasteiger charge is -2.31. The summed E-state index contributed by atoms with van der Waals surface area (Å²) < 4.78 is 133. The number of aliphatic hydroxyl groups is 1. The van der Waals surface area contributed by atoms with Gasteiger partial charge in [-0.1, -0.05) is 24.3 Å². The minimum absolute atomic E-state index is 0.0189. The van der Waals surface area contributed by atoms with Gasteiger partial charge in [-0.05, 0) is 48.2 Å². The van der Waals surface area contributed by atoms with Crippen LogP contribution in [0, 0.1) is 17.5 Å². The van der Waals surface area contributed by atoms with E-state index in [-0.39, 0.29) is 55.0 Å². The van der Waals surface area contributed by atoms with Crippen molar-refractivity contribution in [1.82, 2.24) is 20.9 Å². The molecule has 0 saturated carbocycles. The van der Waals surface area contributed by atoms with E-state index in [9.17, 15) is 49.8 Å². The van der Waals surface area contributed by atoms with Crippen molar-refractivity contribution in [3.8, 4) is 0 Å². The van der Waals surface area contributed by atoms with Crippen LogP contribution in [0.2, 0.25) is 0 Å². The first-order valence-electron chi connectivity index (χ1n) is 15.9. The molecule has 0 spiro atoms. The largest absolute Gasteiger partial charge is 0.440 e. The second kappa shape index (κ2) is 18.5. The van der Waals surface area contributed by atoms with Crippen molar-refractivity contribution in [2.24, 2.45) is 0 Å². The van der Waals surface area contributed by atoms with Crippen LogP contribution in [0.15, 0.2) is 60.9 Å². The number of amides is 2. The number of hydrogen-bond acceptors (Lipinski definition) is 9. The number of hydrogen-bond donors (Lipinski definition) is 5. The maximum Gasteiger partial charge on any atom is 0.422 e. The maximum atomic E-state index is 15.2. The number of benzene rings is 2. The van der Waals surface area contributed by atoms with Crippen LogP contribution in [-0.4, -0.2) is 92.0 Å². The lowest BCUT2D eigenvalue weighted by Crippen LogP contribution is -2.50. The summed E-state index contributed by atoms with van der Waals surface area (Å²) >= 11 is 0. The monoisotopic (exact) mass is 767 g/mol. The van der Waals surface area contributed by atoms with E-state index in [0.29, 0.717) is 0 Å². The fraction of sp³-hybridized carbons (Fsp3) is 0.424. The minimum Gasteiger partial charge on any atom is -0.440 e. The normalized spacial score (nSPS) is 17.6. The van der Waals surface area contributed by atoms with E-state index < -0.39 is 85.5 Å². The van der Waals surface area contributed by atoms with Crippen LogP contribution in [0.25, 0.3) is 0 Å². The van der Waals surface area contributed by atoms with Gasteiger partial charge in [0.25, 0.3) is 0 Å². The number of alkyl carbamates (subject to hydrolysis) is 1. The van der Waals surface area contributed by atoms with Crippen LogP contribution in [0.1, 0.15) is 29.0 Å². The van der Waals surface area contributed by atoms with E-state index in [4.69, 9.17) is 9.47 Å². The Hall–Kier alpha value is -4.50. The zero-order valence-corrected chi connectivity index (χ0v) is 27.4. The smallest absolute Gasteiger partial charge is 0.422 e. The minimum atomic E-state index is -4.91. The summed E-state index contributed by atoms with van der Waals surface area (Å²) in [5.74, 6) is -4.53. The number of rotatable bonds is 15. The molecule has 5 N–H and O–H groups in total. The third kappa shape index (κ3) is 13.5. The summed E-state index contributed by atoms with van der Waals surface area (Å²) in [7, 11) is 0. The third-order valence-electron chi connectivity index (χ3n) is 7.79. The standard InChI is InChI=1S/C33H34F9N5O6/c34-20-5-1-18(2-6-20)27(19-3-7-21(35)8-4-19)28(47-31(50)53-17-33(40,41)42)29(48)46-26-13-43-12-25(36)24(26)10-9-23-11-44-22(14-51-23)15-52-30(49)45-16-32(37,38)39/h1-8,12-13,22-23,27-28,30,44-45,49H,9-11,14-17H2,(H,46,48)(H,47,50)/t22?,23-,28+,30-/m1/s1. The summed E-state index contributed by atoms with van der Waals surface area (Å²) in [6.45, 7) is -3.45. The molecule has 53 heavy (non-hydrogen) atoms. The highest BCUT2D eigenvalue weighted by Gasteiger charge is 2.36. The molecule has 0 aliphatic carbocycles. The average Bonchev–Trinajstić information content (AvgIpc) is 3.09. The van der Waals surface area contributed by atoms with E-state index in [1.807, 2.05) is 0 Å². The Bertz CT molecular complexity index is 1590. The number of halogens is 9. The Balaban J connectivity index is 1.49. The van der Waals surface area contributed by atoms with Gasteiger partial charge in [-0.3, -0.25) is 15.1 Å². The predicted molar refractivity (Wildman–Crippen MR) is 168 cm³/mol. The van der Waals surface area contributed by atoms with Crippen molar-refractivity contribution in [1.29, 1.82) is 0 Å². The summed E-state index contributed by atoms with van der Waals surface area (Å²) in [5.41, 5.74) is 0.145. The summed E-state index contributed by atoms with van der Waals surface area (Å²) in [5, 5.41) is 18.9. The molecule has 1 aromatic heterocycles. The van der Waals surface area contributed by atoms with Gasteiger partial charge in [0.05, 0.1) is 50.0 Å². The van der Waals surface area contributed by atoms with Crippen molar-refractivity contribution in [2.45, 2.75) is 55.7 Å². The number of carbonyl (C=O) groups is 2. The Morgan fingerprint density at radius 2 is 1.57 bits per heavy atom. The predicted octanol–water partition coefficient (Wildman–Crippen LogP) is 4.66. The molecular formula is C33H34F9N5O6. The molecule has 4 atom stereocenters. The van der Waals surface area contributed by atoms with Gasteiger partial charge >= 0.3 is 18.4 Å². The molecule has 2 heterocycles. The molecule has 1 unspecified atom stereocenters. The number of alkyl halides is 6. The first-order chi connectivity index (χ1) is 25.0. The van der Waals surface area contributed by atoms with Crippen molar-refractivity contribution < 1.29 is 68.4 Å². The summed E-state index contributed by atoms with van der Waals surface area (Å²) in [4.78, 5) is 30.3. The van der Waals surface area contributed by atoms with Crippen molar-refractivity contribution in [2.75, 3.05) is 38.2 Å². The van der Waals surface area contributed by atoms with Gasteiger partial charge < -0.3 is 35.3 Å². The Morgan fingerprint density at radius 1 is 0.943 bits per heavy atom. The second-order valence-corrected chi connectivity index (χ2v) is 11.8. The van der Waals surface area contributed by atoms with Gasteiger partial charge in [0.2, 0.25) is 12.3 Å². The summed E-state index contributed by atoms with van der Waals surface area (Å²) in [6.07, 6.45) is -11.4. The summed E-state index contributed by atoms with van der Waals surface area (Å²) in [6, 6.07) is 6.86. The first-order valence-corrected chi connectivity index (χ1v) is 15.9. The van der Waals surface area contributed by atoms with Crippen molar-refractivity contribution in [3.05, 3.63) is 95.1 Å². The molecule has 1 aliphatic rings. The number of anilines is 1. The molecule has 1 aliphatic heterocycles. The molecule has 2 aromatic carbocycles. The number of aliphatic hydroxyl groups excluding tert-OH is 1. The van der Waals surface area contributed by atoms with Crippen LogP contribution in [-0.2, 0) is 25.4 Å². The highest BCUT2D eigenvalue weighted by molar-refractivity contribution is 5.98. The molecule has 11 nitrogen and oxygen atoms in total. The van der Waals surface area contributed by atoms with Crippen LogP contribution in [0.4, 0.5) is 50.0 Å². The Morgan fingerprint density at radius 3 is 2.11 bits per heavy atom.